The summed E-state index contributed by atoms with van der Waals surface area (Å²) < 4.78 is 0.511. The Morgan fingerprint density at radius 3 is 2.42 bits per heavy atom. The third kappa shape index (κ3) is 3.52. The number of thioether (sulfide) groups is 1. The predicted octanol–water partition coefficient (Wildman–Crippen LogP) is 4.00. The molecule has 0 aromatic heterocycles. The van der Waals surface area contributed by atoms with Gasteiger partial charge in [-0.25, -0.2) is 0 Å². The van der Waals surface area contributed by atoms with Crippen molar-refractivity contribution in [1.82, 2.24) is 4.90 Å². The number of carbonyl (C=O) groups excluding carboxylic acids is 1. The summed E-state index contributed by atoms with van der Waals surface area (Å²) in [5, 5.41) is 10.7. The van der Waals surface area contributed by atoms with Crippen molar-refractivity contribution in [2.75, 3.05) is 0 Å². The van der Waals surface area contributed by atoms with E-state index >= 15 is 0 Å². The molecule has 0 spiro atoms. The van der Waals surface area contributed by atoms with Crippen molar-refractivity contribution in [1.29, 1.82) is 0 Å². The lowest BCUT2D eigenvalue weighted by atomic mass is 10.2. The van der Waals surface area contributed by atoms with Gasteiger partial charge in [-0.05, 0) is 29.3 Å². The second kappa shape index (κ2) is 6.94. The van der Waals surface area contributed by atoms with Crippen LogP contribution in [-0.4, -0.2) is 20.1 Å². The fraction of sp³-hybridized carbons (Fsp3) is 0.0588. The third-order valence-corrected chi connectivity index (χ3v) is 4.84. The Morgan fingerprint density at radius 1 is 1.12 bits per heavy atom. The van der Waals surface area contributed by atoms with Gasteiger partial charge in [0.05, 0.1) is 16.4 Å². The molecule has 1 fully saturated rings. The number of nitro benzene ring substituents is 1. The van der Waals surface area contributed by atoms with E-state index in [1.807, 2.05) is 30.3 Å². The number of carbonyl (C=O) groups is 1. The molecule has 0 atom stereocenters. The monoisotopic (exact) mass is 356 g/mol. The van der Waals surface area contributed by atoms with Gasteiger partial charge in [0.2, 0.25) is 0 Å². The van der Waals surface area contributed by atoms with E-state index in [0.717, 1.165) is 11.1 Å². The molecule has 1 heterocycles. The molecule has 1 aliphatic rings. The van der Waals surface area contributed by atoms with E-state index in [9.17, 15) is 14.9 Å². The fourth-order valence-electron chi connectivity index (χ4n) is 2.25. The van der Waals surface area contributed by atoms with E-state index in [-0.39, 0.29) is 11.6 Å². The fourth-order valence-corrected chi connectivity index (χ4v) is 3.50. The first kappa shape index (κ1) is 16.4. The van der Waals surface area contributed by atoms with Gasteiger partial charge in [-0.3, -0.25) is 19.8 Å². The van der Waals surface area contributed by atoms with Crippen LogP contribution in [0.1, 0.15) is 11.1 Å². The molecule has 2 aromatic rings. The highest BCUT2D eigenvalue weighted by Gasteiger charge is 2.31. The first-order valence-corrected chi connectivity index (χ1v) is 8.31. The topological polar surface area (TPSA) is 63.4 Å². The highest BCUT2D eigenvalue weighted by molar-refractivity contribution is 8.26. The molecule has 1 aliphatic heterocycles. The molecule has 24 heavy (non-hydrogen) atoms. The van der Waals surface area contributed by atoms with E-state index in [1.165, 1.54) is 23.9 Å². The lowest BCUT2D eigenvalue weighted by Gasteiger charge is -2.14. The summed E-state index contributed by atoms with van der Waals surface area (Å²) >= 11 is 6.54. The largest absolute Gasteiger partial charge is 0.288 e. The molecular formula is C17H12N2O3S2. The number of nitro groups is 1. The number of nitrogens with zero attached hydrogens (tertiary/aromatic N) is 2. The quantitative estimate of drug-likeness (QED) is 0.359. The number of non-ortho nitro benzene ring substituents is 1. The minimum Gasteiger partial charge on any atom is -0.288 e. The van der Waals surface area contributed by atoms with Crippen molar-refractivity contribution >= 4 is 46.0 Å². The van der Waals surface area contributed by atoms with E-state index in [0.29, 0.717) is 15.8 Å². The number of hydrogen-bond acceptors (Lipinski definition) is 5. The number of hydrogen-bond donors (Lipinski definition) is 0. The Balaban J connectivity index is 1.79. The van der Waals surface area contributed by atoms with Crippen LogP contribution in [0.3, 0.4) is 0 Å². The van der Waals surface area contributed by atoms with E-state index < -0.39 is 4.92 Å². The highest BCUT2D eigenvalue weighted by atomic mass is 32.2. The van der Waals surface area contributed by atoms with Crippen LogP contribution in [0.4, 0.5) is 5.69 Å². The standard InChI is InChI=1S/C17H12N2O3S2/c20-16-15(10-12-6-8-14(9-7-12)19(21)22)24-17(23)18(16)11-13-4-2-1-3-5-13/h1-10H,11H2. The second-order valence-corrected chi connectivity index (χ2v) is 6.78. The average Bonchev–Trinajstić information content (AvgIpc) is 2.84. The first-order valence-electron chi connectivity index (χ1n) is 7.08. The summed E-state index contributed by atoms with van der Waals surface area (Å²) in [5.74, 6) is -0.146. The van der Waals surface area contributed by atoms with Crippen molar-refractivity contribution in [3.63, 3.8) is 0 Å². The smallest absolute Gasteiger partial charge is 0.269 e. The van der Waals surface area contributed by atoms with Crippen molar-refractivity contribution in [3.05, 3.63) is 80.7 Å². The highest BCUT2D eigenvalue weighted by Crippen LogP contribution is 2.33. The third-order valence-electron chi connectivity index (χ3n) is 3.46. The van der Waals surface area contributed by atoms with Gasteiger partial charge in [0.15, 0.2) is 0 Å². The van der Waals surface area contributed by atoms with E-state index in [4.69, 9.17) is 12.2 Å². The summed E-state index contributed by atoms with van der Waals surface area (Å²) in [6.07, 6.45) is 1.70. The molecule has 2 aromatic carbocycles. The Labute approximate surface area is 148 Å². The van der Waals surface area contributed by atoms with E-state index in [2.05, 4.69) is 0 Å². The second-order valence-electron chi connectivity index (χ2n) is 5.10. The Hall–Kier alpha value is -2.51. The number of benzene rings is 2. The molecule has 120 valence electrons. The molecule has 5 nitrogen and oxygen atoms in total. The average molecular weight is 356 g/mol. The zero-order chi connectivity index (χ0) is 17.1. The maximum atomic E-state index is 12.5. The van der Waals surface area contributed by atoms with Crippen molar-refractivity contribution < 1.29 is 9.72 Å². The molecule has 0 radical (unpaired) electrons. The number of amides is 1. The lowest BCUT2D eigenvalue weighted by molar-refractivity contribution is -0.384. The van der Waals surface area contributed by atoms with Crippen LogP contribution in [0.2, 0.25) is 0 Å². The molecule has 3 rings (SSSR count). The van der Waals surface area contributed by atoms with Crippen LogP contribution in [-0.2, 0) is 11.3 Å². The Bertz CT molecular complexity index is 833. The van der Waals surface area contributed by atoms with Gasteiger partial charge in [0, 0.05) is 12.1 Å². The van der Waals surface area contributed by atoms with Crippen molar-refractivity contribution in [2.24, 2.45) is 0 Å². The maximum Gasteiger partial charge on any atom is 0.269 e. The van der Waals surface area contributed by atoms with Crippen molar-refractivity contribution in [3.8, 4) is 0 Å². The van der Waals surface area contributed by atoms with E-state index in [1.54, 1.807) is 23.1 Å². The zero-order valence-electron chi connectivity index (χ0n) is 12.4. The van der Waals surface area contributed by atoms with Gasteiger partial charge in [-0.15, -0.1) is 0 Å². The lowest BCUT2D eigenvalue weighted by Crippen LogP contribution is -2.27. The molecule has 1 amide bonds. The molecule has 0 N–H and O–H groups in total. The van der Waals surface area contributed by atoms with Gasteiger partial charge in [0.1, 0.15) is 4.32 Å². The van der Waals surface area contributed by atoms with Crippen molar-refractivity contribution in [2.45, 2.75) is 6.54 Å². The molecule has 7 heteroatoms. The van der Waals surface area contributed by atoms with Gasteiger partial charge >= 0.3 is 0 Å². The Morgan fingerprint density at radius 2 is 1.79 bits per heavy atom. The van der Waals surface area contributed by atoms with Crippen LogP contribution in [0.25, 0.3) is 6.08 Å². The first-order chi connectivity index (χ1) is 11.5. The molecule has 0 saturated carbocycles. The minimum absolute atomic E-state index is 0.0174. The normalized spacial score (nSPS) is 16.0. The predicted molar refractivity (Wildman–Crippen MR) is 98.3 cm³/mol. The summed E-state index contributed by atoms with van der Waals surface area (Å²) in [5.41, 5.74) is 1.75. The minimum atomic E-state index is -0.455. The van der Waals surface area contributed by atoms with Crippen LogP contribution in [0.5, 0.6) is 0 Å². The SMILES string of the molecule is O=C1C(=Cc2ccc([N+](=O)[O-])cc2)SC(=S)N1Cc1ccccc1. The summed E-state index contributed by atoms with van der Waals surface area (Å²) in [7, 11) is 0. The molecule has 0 aliphatic carbocycles. The maximum absolute atomic E-state index is 12.5. The van der Waals surface area contributed by atoms with Crippen LogP contribution in [0, 0.1) is 10.1 Å². The molecule has 0 bridgehead atoms. The van der Waals surface area contributed by atoms with Crippen LogP contribution >= 0.6 is 24.0 Å². The van der Waals surface area contributed by atoms with Gasteiger partial charge in [-0.2, -0.15) is 0 Å². The van der Waals surface area contributed by atoms with Gasteiger partial charge in [0.25, 0.3) is 11.6 Å². The Kier molecular flexibility index (Phi) is 4.73. The van der Waals surface area contributed by atoms with Gasteiger partial charge < -0.3 is 0 Å². The van der Waals surface area contributed by atoms with Crippen LogP contribution < -0.4 is 0 Å². The number of rotatable bonds is 4. The van der Waals surface area contributed by atoms with Gasteiger partial charge in [-0.1, -0.05) is 54.3 Å². The summed E-state index contributed by atoms with van der Waals surface area (Å²) in [4.78, 5) is 24.8. The summed E-state index contributed by atoms with van der Waals surface area (Å²) in [6.45, 7) is 0.434. The number of thiocarbonyl (C=S) groups is 1. The molecular weight excluding hydrogens is 344 g/mol. The molecule has 1 saturated heterocycles. The zero-order valence-corrected chi connectivity index (χ0v) is 14.0. The summed E-state index contributed by atoms with van der Waals surface area (Å²) in [6, 6.07) is 15.7. The van der Waals surface area contributed by atoms with Crippen LogP contribution in [0.15, 0.2) is 59.5 Å². The molecule has 0 unspecified atom stereocenters.